The van der Waals surface area contributed by atoms with E-state index in [1.54, 1.807) is 12.1 Å². The number of rotatable bonds is 8. The second-order valence-electron chi connectivity index (χ2n) is 6.35. The lowest BCUT2D eigenvalue weighted by Crippen LogP contribution is -2.20. The number of thioether (sulfide) groups is 1. The number of aromatic nitrogens is 2. The van der Waals surface area contributed by atoms with E-state index in [0.29, 0.717) is 27.8 Å². The van der Waals surface area contributed by atoms with Gasteiger partial charge in [0.1, 0.15) is 12.4 Å². The van der Waals surface area contributed by atoms with Crippen LogP contribution in [0.15, 0.2) is 58.2 Å². The standard InChI is InChI=1S/C20H21ClN2O3S/c1-13(2)17-5-3-4-6-18(17)25-11-16(24)12-27-20-23-22-19(26-20)14-7-9-15(21)10-8-14/h3-10,13,16,24H,11-12H2,1-2H3/t16-/m0/s1. The first kappa shape index (κ1) is 19.7. The molecule has 1 heterocycles. The highest BCUT2D eigenvalue weighted by Crippen LogP contribution is 2.27. The number of hydrogen-bond donors (Lipinski definition) is 1. The van der Waals surface area contributed by atoms with Crippen molar-refractivity contribution in [2.75, 3.05) is 12.4 Å². The van der Waals surface area contributed by atoms with E-state index in [1.165, 1.54) is 11.8 Å². The van der Waals surface area contributed by atoms with Gasteiger partial charge in [0, 0.05) is 16.3 Å². The largest absolute Gasteiger partial charge is 0.491 e. The Balaban J connectivity index is 1.51. The van der Waals surface area contributed by atoms with Crippen molar-refractivity contribution in [2.24, 2.45) is 0 Å². The van der Waals surface area contributed by atoms with E-state index in [4.69, 9.17) is 20.8 Å². The van der Waals surface area contributed by atoms with Crippen LogP contribution in [0, 0.1) is 0 Å². The number of aliphatic hydroxyl groups is 1. The van der Waals surface area contributed by atoms with Crippen molar-refractivity contribution < 1.29 is 14.3 Å². The van der Waals surface area contributed by atoms with Gasteiger partial charge in [0.05, 0.1) is 6.10 Å². The average molecular weight is 405 g/mol. The predicted molar refractivity (Wildman–Crippen MR) is 108 cm³/mol. The molecule has 1 atom stereocenters. The molecule has 27 heavy (non-hydrogen) atoms. The fourth-order valence-electron chi connectivity index (χ4n) is 2.47. The molecule has 0 aliphatic carbocycles. The van der Waals surface area contributed by atoms with E-state index in [0.717, 1.165) is 16.9 Å². The van der Waals surface area contributed by atoms with E-state index < -0.39 is 6.10 Å². The van der Waals surface area contributed by atoms with Crippen molar-refractivity contribution in [2.45, 2.75) is 31.1 Å². The quantitative estimate of drug-likeness (QED) is 0.530. The van der Waals surface area contributed by atoms with Crippen LogP contribution in [0.3, 0.4) is 0 Å². The summed E-state index contributed by atoms with van der Waals surface area (Å²) in [5, 5.41) is 19.3. The Morgan fingerprint density at radius 3 is 2.59 bits per heavy atom. The second kappa shape index (κ2) is 9.26. The summed E-state index contributed by atoms with van der Waals surface area (Å²) in [6.07, 6.45) is -0.652. The molecule has 2 aromatic carbocycles. The van der Waals surface area contributed by atoms with Gasteiger partial charge in [0.2, 0.25) is 5.89 Å². The second-order valence-corrected chi connectivity index (χ2v) is 7.76. The summed E-state index contributed by atoms with van der Waals surface area (Å²) in [5.74, 6) is 1.98. The first-order valence-corrected chi connectivity index (χ1v) is 10.0. The lowest BCUT2D eigenvalue weighted by molar-refractivity contribution is 0.125. The Bertz CT molecular complexity index is 868. The lowest BCUT2D eigenvalue weighted by Gasteiger charge is -2.16. The van der Waals surface area contributed by atoms with Crippen molar-refractivity contribution in [1.82, 2.24) is 10.2 Å². The number of benzene rings is 2. The van der Waals surface area contributed by atoms with Gasteiger partial charge in [0.25, 0.3) is 5.22 Å². The highest BCUT2D eigenvalue weighted by molar-refractivity contribution is 7.99. The van der Waals surface area contributed by atoms with Gasteiger partial charge in [-0.05, 0) is 41.8 Å². The molecule has 0 unspecified atom stereocenters. The third-order valence-corrected chi connectivity index (χ3v) is 5.08. The molecule has 1 aromatic heterocycles. The van der Waals surface area contributed by atoms with E-state index in [2.05, 4.69) is 24.0 Å². The maximum Gasteiger partial charge on any atom is 0.276 e. The Kier molecular flexibility index (Phi) is 6.77. The molecule has 5 nitrogen and oxygen atoms in total. The zero-order valence-electron chi connectivity index (χ0n) is 15.1. The van der Waals surface area contributed by atoms with Gasteiger partial charge >= 0.3 is 0 Å². The maximum absolute atomic E-state index is 10.2. The first-order valence-electron chi connectivity index (χ1n) is 8.65. The molecule has 3 aromatic rings. The minimum absolute atomic E-state index is 0.203. The minimum atomic E-state index is -0.652. The van der Waals surface area contributed by atoms with Gasteiger partial charge in [-0.25, -0.2) is 0 Å². The number of ether oxygens (including phenoxy) is 1. The molecular weight excluding hydrogens is 384 g/mol. The summed E-state index contributed by atoms with van der Waals surface area (Å²) < 4.78 is 11.4. The molecule has 0 saturated carbocycles. The first-order chi connectivity index (χ1) is 13.0. The van der Waals surface area contributed by atoms with Crippen LogP contribution in [0.1, 0.15) is 25.3 Å². The summed E-state index contributed by atoms with van der Waals surface area (Å²) >= 11 is 7.18. The van der Waals surface area contributed by atoms with Crippen LogP contribution in [0.5, 0.6) is 5.75 Å². The van der Waals surface area contributed by atoms with Crippen LogP contribution in [0.2, 0.25) is 5.02 Å². The Hall–Kier alpha value is -2.02. The SMILES string of the molecule is CC(C)c1ccccc1OC[C@H](O)CSc1nnc(-c2ccc(Cl)cc2)o1. The number of nitrogens with zero attached hydrogens (tertiary/aromatic N) is 2. The summed E-state index contributed by atoms with van der Waals surface area (Å²) in [5.41, 5.74) is 1.93. The van der Waals surface area contributed by atoms with Crippen LogP contribution >= 0.6 is 23.4 Å². The number of aliphatic hydroxyl groups excluding tert-OH is 1. The normalized spacial score (nSPS) is 12.3. The minimum Gasteiger partial charge on any atom is -0.491 e. The van der Waals surface area contributed by atoms with Crippen molar-refractivity contribution in [3.05, 3.63) is 59.1 Å². The zero-order valence-corrected chi connectivity index (χ0v) is 16.7. The lowest BCUT2D eigenvalue weighted by atomic mass is 10.0. The molecule has 0 aliphatic heterocycles. The Labute approximate surface area is 167 Å². The molecule has 0 radical (unpaired) electrons. The third kappa shape index (κ3) is 5.48. The van der Waals surface area contributed by atoms with Gasteiger partial charge in [-0.15, -0.1) is 10.2 Å². The predicted octanol–water partition coefficient (Wildman–Crippen LogP) is 5.05. The van der Waals surface area contributed by atoms with Crippen molar-refractivity contribution in [3.63, 3.8) is 0 Å². The summed E-state index contributed by atoms with van der Waals surface area (Å²) in [4.78, 5) is 0. The summed E-state index contributed by atoms with van der Waals surface area (Å²) in [6, 6.07) is 15.1. The van der Waals surface area contributed by atoms with Crippen molar-refractivity contribution in [3.8, 4) is 17.2 Å². The third-order valence-electron chi connectivity index (χ3n) is 3.87. The molecule has 142 valence electrons. The van der Waals surface area contributed by atoms with E-state index in [1.807, 2.05) is 36.4 Å². The summed E-state index contributed by atoms with van der Waals surface area (Å²) in [7, 11) is 0. The van der Waals surface area contributed by atoms with Crippen molar-refractivity contribution in [1.29, 1.82) is 0 Å². The van der Waals surface area contributed by atoms with E-state index >= 15 is 0 Å². The van der Waals surface area contributed by atoms with Crippen LogP contribution in [0.4, 0.5) is 0 Å². The zero-order chi connectivity index (χ0) is 19.2. The van der Waals surface area contributed by atoms with Crippen LogP contribution in [0.25, 0.3) is 11.5 Å². The van der Waals surface area contributed by atoms with Crippen LogP contribution in [-0.2, 0) is 0 Å². The van der Waals surface area contributed by atoms with Crippen LogP contribution in [-0.4, -0.2) is 33.8 Å². The molecule has 0 spiro atoms. The summed E-state index contributed by atoms with van der Waals surface area (Å²) in [6.45, 7) is 4.43. The van der Waals surface area contributed by atoms with Gasteiger partial charge in [-0.3, -0.25) is 0 Å². The topological polar surface area (TPSA) is 68.4 Å². The molecule has 0 fully saturated rings. The number of para-hydroxylation sites is 1. The Morgan fingerprint density at radius 2 is 1.85 bits per heavy atom. The van der Waals surface area contributed by atoms with Gasteiger partial charge < -0.3 is 14.3 Å². The number of hydrogen-bond acceptors (Lipinski definition) is 6. The van der Waals surface area contributed by atoms with Gasteiger partial charge in [0.15, 0.2) is 0 Å². The smallest absolute Gasteiger partial charge is 0.276 e. The van der Waals surface area contributed by atoms with Crippen molar-refractivity contribution >= 4 is 23.4 Å². The average Bonchev–Trinajstić information content (AvgIpc) is 3.14. The molecule has 0 saturated heterocycles. The highest BCUT2D eigenvalue weighted by Gasteiger charge is 2.14. The fourth-order valence-corrected chi connectivity index (χ4v) is 3.26. The van der Waals surface area contributed by atoms with E-state index in [9.17, 15) is 5.11 Å². The molecule has 1 N–H and O–H groups in total. The van der Waals surface area contributed by atoms with Crippen LogP contribution < -0.4 is 4.74 Å². The van der Waals surface area contributed by atoms with Gasteiger partial charge in [-0.1, -0.05) is 55.4 Å². The molecule has 0 bridgehead atoms. The molecule has 0 aliphatic rings. The molecule has 0 amide bonds. The van der Waals surface area contributed by atoms with E-state index in [-0.39, 0.29) is 6.61 Å². The molecule has 7 heteroatoms. The highest BCUT2D eigenvalue weighted by atomic mass is 35.5. The number of halogens is 1. The molecular formula is C20H21ClN2O3S. The molecule has 3 rings (SSSR count). The van der Waals surface area contributed by atoms with Gasteiger partial charge in [-0.2, -0.15) is 0 Å². The maximum atomic E-state index is 10.2. The monoisotopic (exact) mass is 404 g/mol. The fraction of sp³-hybridized carbons (Fsp3) is 0.300. The Morgan fingerprint density at radius 1 is 1.11 bits per heavy atom.